The molecule has 90 valence electrons. The molecule has 3 nitrogen and oxygen atoms in total. The first-order chi connectivity index (χ1) is 8.33. The molecular formula is C13H16ClN3. The fourth-order valence-corrected chi connectivity index (χ4v) is 2.60. The molecule has 1 saturated heterocycles. The molecule has 2 heterocycles. The Labute approximate surface area is 106 Å². The van der Waals surface area contributed by atoms with Crippen molar-refractivity contribution in [1.82, 2.24) is 15.3 Å². The van der Waals surface area contributed by atoms with Crippen LogP contribution in [0.15, 0.2) is 18.2 Å². The van der Waals surface area contributed by atoms with Crippen LogP contribution in [0, 0.1) is 0 Å². The highest BCUT2D eigenvalue weighted by atomic mass is 35.5. The maximum absolute atomic E-state index is 5.98. The topological polar surface area (TPSA) is 40.7 Å². The third-order valence-electron chi connectivity index (χ3n) is 3.35. The number of hydrogen-bond donors (Lipinski definition) is 2. The molecule has 1 atom stereocenters. The van der Waals surface area contributed by atoms with Crippen LogP contribution in [0.4, 0.5) is 0 Å². The van der Waals surface area contributed by atoms with Gasteiger partial charge < -0.3 is 10.3 Å². The van der Waals surface area contributed by atoms with E-state index in [0.29, 0.717) is 6.04 Å². The lowest BCUT2D eigenvalue weighted by Crippen LogP contribution is -2.21. The Morgan fingerprint density at radius 3 is 3.12 bits per heavy atom. The summed E-state index contributed by atoms with van der Waals surface area (Å²) in [7, 11) is 0. The molecule has 0 radical (unpaired) electrons. The molecule has 0 amide bonds. The molecule has 1 aliphatic rings. The average molecular weight is 250 g/mol. The summed E-state index contributed by atoms with van der Waals surface area (Å²) in [6, 6.07) is 6.15. The minimum Gasteiger partial charge on any atom is -0.341 e. The van der Waals surface area contributed by atoms with Crippen LogP contribution in [0.2, 0.25) is 5.02 Å². The SMILES string of the molecule is Clc1ccc2nc(C3CCCCCN3)[nH]c2c1. The van der Waals surface area contributed by atoms with Gasteiger partial charge in [0.25, 0.3) is 0 Å². The van der Waals surface area contributed by atoms with Crippen LogP contribution >= 0.6 is 11.6 Å². The van der Waals surface area contributed by atoms with Gasteiger partial charge in [0, 0.05) is 5.02 Å². The quantitative estimate of drug-likeness (QED) is 0.813. The van der Waals surface area contributed by atoms with E-state index in [4.69, 9.17) is 11.6 Å². The minimum atomic E-state index is 0.365. The summed E-state index contributed by atoms with van der Waals surface area (Å²) in [5, 5.41) is 4.30. The van der Waals surface area contributed by atoms with Gasteiger partial charge in [0.2, 0.25) is 0 Å². The van der Waals surface area contributed by atoms with Crippen LogP contribution in [-0.4, -0.2) is 16.5 Å². The van der Waals surface area contributed by atoms with Gasteiger partial charge >= 0.3 is 0 Å². The first kappa shape index (κ1) is 11.1. The highest BCUT2D eigenvalue weighted by Crippen LogP contribution is 2.24. The number of imidazole rings is 1. The zero-order valence-electron chi connectivity index (χ0n) is 9.67. The van der Waals surface area contributed by atoms with E-state index in [-0.39, 0.29) is 0 Å². The maximum atomic E-state index is 5.98. The van der Waals surface area contributed by atoms with E-state index < -0.39 is 0 Å². The summed E-state index contributed by atoms with van der Waals surface area (Å²) < 4.78 is 0. The van der Waals surface area contributed by atoms with Crippen LogP contribution in [-0.2, 0) is 0 Å². The van der Waals surface area contributed by atoms with Crippen molar-refractivity contribution in [3.8, 4) is 0 Å². The third-order valence-corrected chi connectivity index (χ3v) is 3.59. The predicted molar refractivity (Wildman–Crippen MR) is 70.3 cm³/mol. The zero-order valence-corrected chi connectivity index (χ0v) is 10.4. The van der Waals surface area contributed by atoms with E-state index in [1.807, 2.05) is 18.2 Å². The maximum Gasteiger partial charge on any atom is 0.124 e. The van der Waals surface area contributed by atoms with E-state index in [2.05, 4.69) is 15.3 Å². The standard InChI is InChI=1S/C13H16ClN3/c14-9-5-6-10-12(8-9)17-13(16-10)11-4-2-1-3-7-15-11/h5-6,8,11,15H,1-4,7H2,(H,16,17). The Kier molecular flexibility index (Phi) is 3.04. The van der Waals surface area contributed by atoms with E-state index in [0.717, 1.165) is 34.8 Å². The van der Waals surface area contributed by atoms with Gasteiger partial charge in [-0.05, 0) is 37.6 Å². The highest BCUT2D eigenvalue weighted by Gasteiger charge is 2.17. The van der Waals surface area contributed by atoms with Crippen LogP contribution in [0.1, 0.15) is 37.5 Å². The fraction of sp³-hybridized carbons (Fsp3) is 0.462. The molecule has 1 fully saturated rings. The van der Waals surface area contributed by atoms with Gasteiger partial charge in [-0.15, -0.1) is 0 Å². The number of H-pyrrole nitrogens is 1. The number of halogens is 1. The number of nitrogens with zero attached hydrogens (tertiary/aromatic N) is 1. The van der Waals surface area contributed by atoms with Gasteiger partial charge in [0.1, 0.15) is 5.82 Å². The minimum absolute atomic E-state index is 0.365. The van der Waals surface area contributed by atoms with Crippen molar-refractivity contribution < 1.29 is 0 Å². The summed E-state index contributed by atoms with van der Waals surface area (Å²) in [5.41, 5.74) is 2.02. The van der Waals surface area contributed by atoms with Crippen LogP contribution in [0.3, 0.4) is 0 Å². The van der Waals surface area contributed by atoms with Crippen molar-refractivity contribution in [1.29, 1.82) is 0 Å². The predicted octanol–water partition coefficient (Wildman–Crippen LogP) is 3.42. The second-order valence-corrected chi connectivity index (χ2v) is 5.08. The molecule has 17 heavy (non-hydrogen) atoms. The largest absolute Gasteiger partial charge is 0.341 e. The fourth-order valence-electron chi connectivity index (χ4n) is 2.43. The summed E-state index contributed by atoms with van der Waals surface area (Å²) in [6.45, 7) is 1.09. The van der Waals surface area contributed by atoms with Crippen molar-refractivity contribution in [2.45, 2.75) is 31.7 Å². The van der Waals surface area contributed by atoms with Gasteiger partial charge in [0.15, 0.2) is 0 Å². The van der Waals surface area contributed by atoms with Gasteiger partial charge in [-0.3, -0.25) is 0 Å². The molecule has 0 bridgehead atoms. The van der Waals surface area contributed by atoms with Crippen LogP contribution in [0.5, 0.6) is 0 Å². The zero-order chi connectivity index (χ0) is 11.7. The van der Waals surface area contributed by atoms with Crippen LogP contribution in [0.25, 0.3) is 11.0 Å². The van der Waals surface area contributed by atoms with Crippen molar-refractivity contribution in [2.75, 3.05) is 6.54 Å². The Hall–Kier alpha value is -1.06. The molecule has 4 heteroatoms. The molecule has 2 N–H and O–H groups in total. The van der Waals surface area contributed by atoms with Crippen molar-refractivity contribution in [2.24, 2.45) is 0 Å². The third kappa shape index (κ3) is 2.31. The Morgan fingerprint density at radius 1 is 1.24 bits per heavy atom. The number of rotatable bonds is 1. The van der Waals surface area contributed by atoms with Gasteiger partial charge in [-0.1, -0.05) is 24.4 Å². The van der Waals surface area contributed by atoms with Crippen molar-refractivity contribution in [3.05, 3.63) is 29.0 Å². The highest BCUT2D eigenvalue weighted by molar-refractivity contribution is 6.31. The first-order valence-corrected chi connectivity index (χ1v) is 6.59. The van der Waals surface area contributed by atoms with Crippen molar-refractivity contribution in [3.63, 3.8) is 0 Å². The summed E-state index contributed by atoms with van der Waals surface area (Å²) in [4.78, 5) is 8.02. The number of benzene rings is 1. The number of fused-ring (bicyclic) bond motifs is 1. The molecule has 3 rings (SSSR count). The van der Waals surface area contributed by atoms with Gasteiger partial charge in [0.05, 0.1) is 17.1 Å². The second-order valence-electron chi connectivity index (χ2n) is 4.64. The van der Waals surface area contributed by atoms with Gasteiger partial charge in [-0.25, -0.2) is 4.98 Å². The number of nitrogens with one attached hydrogen (secondary N) is 2. The normalized spacial score (nSPS) is 21.6. The molecule has 0 aliphatic carbocycles. The monoisotopic (exact) mass is 249 g/mol. The summed E-state index contributed by atoms with van der Waals surface area (Å²) in [6.07, 6.45) is 5.02. The molecule has 2 aromatic rings. The lowest BCUT2D eigenvalue weighted by Gasteiger charge is -2.12. The molecule has 1 unspecified atom stereocenters. The molecule has 1 aromatic carbocycles. The molecule has 0 saturated carbocycles. The van der Waals surface area contributed by atoms with E-state index in [1.54, 1.807) is 0 Å². The van der Waals surface area contributed by atoms with E-state index >= 15 is 0 Å². The van der Waals surface area contributed by atoms with Crippen LogP contribution < -0.4 is 5.32 Å². The average Bonchev–Trinajstić information content (AvgIpc) is 2.57. The Morgan fingerprint density at radius 2 is 2.18 bits per heavy atom. The summed E-state index contributed by atoms with van der Waals surface area (Å²) in [5.74, 6) is 1.05. The smallest absolute Gasteiger partial charge is 0.124 e. The number of hydrogen-bond acceptors (Lipinski definition) is 2. The Balaban J connectivity index is 1.93. The van der Waals surface area contributed by atoms with E-state index in [1.165, 1.54) is 19.3 Å². The second kappa shape index (κ2) is 4.67. The lowest BCUT2D eigenvalue weighted by molar-refractivity contribution is 0.513. The first-order valence-electron chi connectivity index (χ1n) is 6.21. The number of aromatic amines is 1. The molecular weight excluding hydrogens is 234 g/mol. The molecule has 0 spiro atoms. The number of aromatic nitrogens is 2. The summed E-state index contributed by atoms with van der Waals surface area (Å²) >= 11 is 5.98. The lowest BCUT2D eigenvalue weighted by atomic mass is 10.1. The molecule has 1 aromatic heterocycles. The van der Waals surface area contributed by atoms with Gasteiger partial charge in [-0.2, -0.15) is 0 Å². The van der Waals surface area contributed by atoms with Crippen molar-refractivity contribution >= 4 is 22.6 Å². The molecule has 1 aliphatic heterocycles. The van der Waals surface area contributed by atoms with E-state index in [9.17, 15) is 0 Å². The Bertz CT molecular complexity index is 512.